The van der Waals surface area contributed by atoms with Gasteiger partial charge in [-0.15, -0.1) is 0 Å². The van der Waals surface area contributed by atoms with Gasteiger partial charge in [0.1, 0.15) is 0 Å². The van der Waals surface area contributed by atoms with Crippen molar-refractivity contribution in [2.75, 3.05) is 38.3 Å². The van der Waals surface area contributed by atoms with Gasteiger partial charge in [0.15, 0.2) is 0 Å². The molecule has 0 aliphatic carbocycles. The first-order valence-corrected chi connectivity index (χ1v) is 6.32. The molecule has 0 atom stereocenters. The minimum absolute atomic E-state index is 0.298. The van der Waals surface area contributed by atoms with Crippen LogP contribution in [0.1, 0.15) is 24.2 Å². The smallest absolute Gasteiger partial charge is 0.337 e. The molecule has 0 N–H and O–H groups in total. The summed E-state index contributed by atoms with van der Waals surface area (Å²) in [5, 5.41) is 0. The summed E-state index contributed by atoms with van der Waals surface area (Å²) in [5.41, 5.74) is 1.70. The van der Waals surface area contributed by atoms with E-state index in [-0.39, 0.29) is 5.97 Å². The van der Waals surface area contributed by atoms with Crippen LogP contribution in [0.15, 0.2) is 24.3 Å². The lowest BCUT2D eigenvalue weighted by molar-refractivity contribution is 0.0600. The molecule has 0 radical (unpaired) electrons. The zero-order chi connectivity index (χ0) is 13.4. The third kappa shape index (κ3) is 3.74. The molecule has 0 unspecified atom stereocenters. The van der Waals surface area contributed by atoms with Gasteiger partial charge in [-0.25, -0.2) is 4.79 Å². The number of carbonyl (C=O) groups is 1. The molecular weight excluding hydrogens is 230 g/mol. The first-order chi connectivity index (χ1) is 8.81. The number of morpholine rings is 1. The van der Waals surface area contributed by atoms with Crippen LogP contribution in [0, 0.1) is 0 Å². The Morgan fingerprint density at radius 2 is 1.72 bits per heavy atom. The number of benzene rings is 1. The molecule has 1 heterocycles. The largest absolute Gasteiger partial charge is 0.465 e. The predicted molar refractivity (Wildman–Crippen MR) is 72.2 cm³/mol. The zero-order valence-corrected chi connectivity index (χ0v) is 11.3. The number of hydrogen-bond acceptors (Lipinski definition) is 4. The lowest BCUT2D eigenvalue weighted by atomic mass is 10.2. The lowest BCUT2D eigenvalue weighted by Gasteiger charge is -2.28. The fourth-order valence-electron chi connectivity index (χ4n) is 1.75. The highest BCUT2D eigenvalue weighted by Crippen LogP contribution is 2.16. The summed E-state index contributed by atoms with van der Waals surface area (Å²) in [6, 6.07) is 7.46. The molecule has 0 aromatic heterocycles. The van der Waals surface area contributed by atoms with Crippen molar-refractivity contribution >= 4 is 11.7 Å². The van der Waals surface area contributed by atoms with Crippen LogP contribution in [-0.2, 0) is 9.47 Å². The molecule has 4 heteroatoms. The number of anilines is 1. The Morgan fingerprint density at radius 3 is 2.22 bits per heavy atom. The van der Waals surface area contributed by atoms with E-state index >= 15 is 0 Å². The van der Waals surface area contributed by atoms with Gasteiger partial charge in [-0.2, -0.15) is 0 Å². The molecule has 2 rings (SSSR count). The zero-order valence-electron chi connectivity index (χ0n) is 11.3. The summed E-state index contributed by atoms with van der Waals surface area (Å²) in [4.78, 5) is 13.5. The minimum atomic E-state index is -0.298. The van der Waals surface area contributed by atoms with Gasteiger partial charge in [-0.1, -0.05) is 13.8 Å². The summed E-state index contributed by atoms with van der Waals surface area (Å²) >= 11 is 0. The molecule has 1 saturated heterocycles. The summed E-state index contributed by atoms with van der Waals surface area (Å²) in [6.45, 7) is 7.33. The first-order valence-electron chi connectivity index (χ1n) is 6.32. The van der Waals surface area contributed by atoms with Crippen LogP contribution < -0.4 is 4.90 Å². The number of nitrogens with zero attached hydrogens (tertiary/aromatic N) is 1. The Hall–Kier alpha value is -1.55. The number of carbonyl (C=O) groups excluding carboxylic acids is 1. The SMILES string of the molecule is CC.COC(=O)c1ccc(N2CCOCC2)cc1. The summed E-state index contributed by atoms with van der Waals surface area (Å²) in [5.74, 6) is -0.298. The fraction of sp³-hybridized carbons (Fsp3) is 0.500. The average molecular weight is 251 g/mol. The van der Waals surface area contributed by atoms with Gasteiger partial charge in [-0.05, 0) is 24.3 Å². The Kier molecular flexibility index (Phi) is 6.22. The summed E-state index contributed by atoms with van der Waals surface area (Å²) in [6.07, 6.45) is 0. The monoisotopic (exact) mass is 251 g/mol. The van der Waals surface area contributed by atoms with Crippen molar-refractivity contribution in [1.82, 2.24) is 0 Å². The van der Waals surface area contributed by atoms with Crippen LogP contribution in [0.4, 0.5) is 5.69 Å². The van der Waals surface area contributed by atoms with Gasteiger partial charge in [0.2, 0.25) is 0 Å². The third-order valence-corrected chi connectivity index (χ3v) is 2.66. The van der Waals surface area contributed by atoms with Crippen LogP contribution in [0.3, 0.4) is 0 Å². The minimum Gasteiger partial charge on any atom is -0.465 e. The van der Waals surface area contributed by atoms with Gasteiger partial charge in [0.25, 0.3) is 0 Å². The second-order valence-corrected chi connectivity index (χ2v) is 3.64. The quantitative estimate of drug-likeness (QED) is 0.756. The van der Waals surface area contributed by atoms with Crippen molar-refractivity contribution < 1.29 is 14.3 Å². The lowest BCUT2D eigenvalue weighted by Crippen LogP contribution is -2.36. The molecule has 1 aliphatic heterocycles. The molecule has 100 valence electrons. The molecule has 0 amide bonds. The maximum Gasteiger partial charge on any atom is 0.337 e. The van der Waals surface area contributed by atoms with Crippen LogP contribution in [0.5, 0.6) is 0 Å². The maximum absolute atomic E-state index is 11.2. The Morgan fingerprint density at radius 1 is 1.17 bits per heavy atom. The molecule has 1 fully saturated rings. The highest BCUT2D eigenvalue weighted by atomic mass is 16.5. The van der Waals surface area contributed by atoms with Crippen molar-refractivity contribution in [1.29, 1.82) is 0 Å². The van der Waals surface area contributed by atoms with Crippen molar-refractivity contribution in [3.05, 3.63) is 29.8 Å². The first kappa shape index (κ1) is 14.5. The Bertz CT molecular complexity index is 356. The number of rotatable bonds is 2. The molecular formula is C14H21NO3. The van der Waals surface area contributed by atoms with Crippen LogP contribution in [0.25, 0.3) is 0 Å². The van der Waals surface area contributed by atoms with Gasteiger partial charge >= 0.3 is 5.97 Å². The van der Waals surface area contributed by atoms with Gasteiger partial charge in [-0.3, -0.25) is 0 Å². The van der Waals surface area contributed by atoms with E-state index in [0.717, 1.165) is 32.0 Å². The van der Waals surface area contributed by atoms with E-state index in [1.54, 1.807) is 12.1 Å². The number of ether oxygens (including phenoxy) is 2. The fourth-order valence-corrected chi connectivity index (χ4v) is 1.75. The predicted octanol–water partition coefficient (Wildman–Crippen LogP) is 2.34. The Labute approximate surface area is 108 Å². The van der Waals surface area contributed by atoms with Gasteiger partial charge < -0.3 is 14.4 Å². The average Bonchev–Trinajstić information content (AvgIpc) is 2.49. The normalized spacial score (nSPS) is 14.5. The topological polar surface area (TPSA) is 38.8 Å². The third-order valence-electron chi connectivity index (χ3n) is 2.66. The molecule has 1 aromatic rings. The highest BCUT2D eigenvalue weighted by Gasteiger charge is 2.11. The summed E-state index contributed by atoms with van der Waals surface area (Å²) in [7, 11) is 1.39. The van der Waals surface area contributed by atoms with Crippen molar-refractivity contribution in [3.63, 3.8) is 0 Å². The van der Waals surface area contributed by atoms with E-state index in [2.05, 4.69) is 9.64 Å². The van der Waals surface area contributed by atoms with Crippen LogP contribution in [0.2, 0.25) is 0 Å². The number of hydrogen-bond donors (Lipinski definition) is 0. The standard InChI is InChI=1S/C12H15NO3.C2H6/c1-15-12(14)10-2-4-11(5-3-10)13-6-8-16-9-7-13;1-2/h2-5H,6-9H2,1H3;1-2H3. The van der Waals surface area contributed by atoms with E-state index in [9.17, 15) is 4.79 Å². The molecule has 0 saturated carbocycles. The second-order valence-electron chi connectivity index (χ2n) is 3.64. The van der Waals surface area contributed by atoms with E-state index in [4.69, 9.17) is 4.74 Å². The molecule has 1 aliphatic rings. The Balaban J connectivity index is 0.000000771. The van der Waals surface area contributed by atoms with Crippen molar-refractivity contribution in [2.24, 2.45) is 0 Å². The van der Waals surface area contributed by atoms with Crippen LogP contribution in [-0.4, -0.2) is 39.4 Å². The number of methoxy groups -OCH3 is 1. The molecule has 0 bridgehead atoms. The van der Waals surface area contributed by atoms with Gasteiger partial charge in [0, 0.05) is 18.8 Å². The van der Waals surface area contributed by atoms with E-state index < -0.39 is 0 Å². The highest BCUT2D eigenvalue weighted by molar-refractivity contribution is 5.89. The van der Waals surface area contributed by atoms with E-state index in [0.29, 0.717) is 5.56 Å². The van der Waals surface area contributed by atoms with Crippen LogP contribution >= 0.6 is 0 Å². The number of esters is 1. The molecule has 1 aromatic carbocycles. The maximum atomic E-state index is 11.2. The summed E-state index contributed by atoms with van der Waals surface area (Å²) < 4.78 is 9.93. The second kappa shape index (κ2) is 7.71. The molecule has 18 heavy (non-hydrogen) atoms. The van der Waals surface area contributed by atoms with E-state index in [1.807, 2.05) is 26.0 Å². The van der Waals surface area contributed by atoms with Crippen molar-refractivity contribution in [3.8, 4) is 0 Å². The molecule has 0 spiro atoms. The van der Waals surface area contributed by atoms with E-state index in [1.165, 1.54) is 7.11 Å². The van der Waals surface area contributed by atoms with Gasteiger partial charge in [0.05, 0.1) is 25.9 Å². The molecule has 4 nitrogen and oxygen atoms in total. The van der Waals surface area contributed by atoms with Crippen molar-refractivity contribution in [2.45, 2.75) is 13.8 Å².